The number of hydrogen-bond donors (Lipinski definition) is 0. The summed E-state index contributed by atoms with van der Waals surface area (Å²) in [7, 11) is 0. The summed E-state index contributed by atoms with van der Waals surface area (Å²) in [4.78, 5) is 10.6. The van der Waals surface area contributed by atoms with Gasteiger partial charge >= 0.3 is 5.97 Å². The Balaban J connectivity index is 3.16. The molecule has 3 nitrogen and oxygen atoms in total. The predicted octanol–water partition coefficient (Wildman–Crippen LogP) is 2.26. The van der Waals surface area contributed by atoms with Crippen molar-refractivity contribution in [1.82, 2.24) is 0 Å². The fourth-order valence-corrected chi connectivity index (χ4v) is 0.803. The van der Waals surface area contributed by atoms with Gasteiger partial charge in [-0.05, 0) is 18.9 Å². The summed E-state index contributed by atoms with van der Waals surface area (Å²) in [6, 6.07) is 0. The molecule has 0 amide bonds. The van der Waals surface area contributed by atoms with Crippen molar-refractivity contribution < 1.29 is 14.3 Å². The van der Waals surface area contributed by atoms with Crippen LogP contribution in [0.3, 0.4) is 0 Å². The van der Waals surface area contributed by atoms with Crippen LogP contribution < -0.4 is 0 Å². The number of esters is 1. The van der Waals surface area contributed by atoms with Crippen molar-refractivity contribution in [2.75, 3.05) is 19.1 Å². The van der Waals surface area contributed by atoms with Crippen molar-refractivity contribution >= 4 is 17.6 Å². The van der Waals surface area contributed by atoms with E-state index in [1.807, 2.05) is 6.08 Å². The smallest absolute Gasteiger partial charge is 0.330 e. The minimum absolute atomic E-state index is 0.241. The van der Waals surface area contributed by atoms with E-state index in [4.69, 9.17) is 16.3 Å². The van der Waals surface area contributed by atoms with Crippen molar-refractivity contribution in [3.8, 4) is 0 Å². The molecule has 0 saturated heterocycles. The van der Waals surface area contributed by atoms with Crippen molar-refractivity contribution in [2.45, 2.75) is 12.8 Å². The first-order chi connectivity index (χ1) is 6.81. The van der Waals surface area contributed by atoms with Gasteiger partial charge in [0.2, 0.25) is 0 Å². The molecule has 0 aromatic rings. The highest BCUT2D eigenvalue weighted by Gasteiger charge is 1.92. The van der Waals surface area contributed by atoms with Crippen molar-refractivity contribution in [3.63, 3.8) is 0 Å². The summed E-state index contributed by atoms with van der Waals surface area (Å²) in [5.41, 5.74) is 0. The van der Waals surface area contributed by atoms with Gasteiger partial charge in [-0.15, -0.1) is 11.6 Å². The minimum Gasteiger partial charge on any atom is -0.498 e. The molecule has 0 bridgehead atoms. The predicted molar refractivity (Wildman–Crippen MR) is 56.2 cm³/mol. The van der Waals surface area contributed by atoms with Crippen LogP contribution in [0.4, 0.5) is 0 Å². The number of ether oxygens (including phenoxy) is 2. The van der Waals surface area contributed by atoms with E-state index < -0.39 is 5.97 Å². The Morgan fingerprint density at radius 3 is 2.86 bits per heavy atom. The Kier molecular flexibility index (Phi) is 9.43. The van der Waals surface area contributed by atoms with Gasteiger partial charge in [-0.2, -0.15) is 0 Å². The molecular formula is C10H15ClO3. The van der Waals surface area contributed by atoms with Crippen LogP contribution in [0, 0.1) is 0 Å². The zero-order valence-corrected chi connectivity index (χ0v) is 8.83. The lowest BCUT2D eigenvalue weighted by atomic mass is 10.3. The zero-order chi connectivity index (χ0) is 10.6. The van der Waals surface area contributed by atoms with E-state index >= 15 is 0 Å². The van der Waals surface area contributed by atoms with Gasteiger partial charge in [-0.3, -0.25) is 0 Å². The first-order valence-electron chi connectivity index (χ1n) is 4.43. The quantitative estimate of drug-likeness (QED) is 0.206. The summed E-state index contributed by atoms with van der Waals surface area (Å²) in [6.07, 6.45) is 6.44. The van der Waals surface area contributed by atoms with Crippen LogP contribution in [-0.2, 0) is 14.3 Å². The molecule has 80 valence electrons. The van der Waals surface area contributed by atoms with E-state index in [0.29, 0.717) is 12.5 Å². The Bertz CT molecular complexity index is 190. The first kappa shape index (κ1) is 13.0. The molecule has 14 heavy (non-hydrogen) atoms. The van der Waals surface area contributed by atoms with Crippen molar-refractivity contribution in [1.29, 1.82) is 0 Å². The summed E-state index contributed by atoms with van der Waals surface area (Å²) < 4.78 is 9.72. The molecule has 0 spiro atoms. The molecule has 0 aromatic carbocycles. The molecule has 0 atom stereocenters. The molecule has 0 radical (unpaired) electrons. The van der Waals surface area contributed by atoms with Crippen LogP contribution in [0.1, 0.15) is 12.8 Å². The first-order valence-corrected chi connectivity index (χ1v) is 4.96. The average Bonchev–Trinajstić information content (AvgIpc) is 2.21. The largest absolute Gasteiger partial charge is 0.498 e. The lowest BCUT2D eigenvalue weighted by molar-refractivity contribution is -0.138. The van der Waals surface area contributed by atoms with E-state index in [0.717, 1.165) is 18.9 Å². The Labute approximate surface area is 89.3 Å². The third-order valence-corrected chi connectivity index (χ3v) is 1.58. The number of halogens is 1. The third-order valence-electron chi connectivity index (χ3n) is 1.31. The Hall–Kier alpha value is -0.960. The molecule has 0 aliphatic carbocycles. The van der Waals surface area contributed by atoms with Crippen LogP contribution in [0.2, 0.25) is 0 Å². The highest BCUT2D eigenvalue weighted by Crippen LogP contribution is 1.93. The SMILES string of the molecule is C=CC(=O)OCCOC=CCCCCl. The van der Waals surface area contributed by atoms with Gasteiger partial charge in [-0.1, -0.05) is 6.58 Å². The Morgan fingerprint density at radius 2 is 2.21 bits per heavy atom. The molecule has 0 aromatic heterocycles. The number of alkyl halides is 1. The summed E-state index contributed by atoms with van der Waals surface area (Å²) >= 11 is 5.47. The molecule has 0 aliphatic heterocycles. The molecule has 0 fully saturated rings. The molecule has 0 N–H and O–H groups in total. The average molecular weight is 219 g/mol. The van der Waals surface area contributed by atoms with Crippen LogP contribution >= 0.6 is 11.6 Å². The van der Waals surface area contributed by atoms with Crippen LogP contribution in [-0.4, -0.2) is 25.1 Å². The number of rotatable bonds is 8. The van der Waals surface area contributed by atoms with Gasteiger partial charge in [0.25, 0.3) is 0 Å². The van der Waals surface area contributed by atoms with Crippen molar-refractivity contribution in [2.24, 2.45) is 0 Å². The van der Waals surface area contributed by atoms with Gasteiger partial charge in [0.15, 0.2) is 0 Å². The van der Waals surface area contributed by atoms with E-state index in [1.165, 1.54) is 0 Å². The number of unbranched alkanes of at least 4 members (excludes halogenated alkanes) is 1. The summed E-state index contributed by atoms with van der Waals surface area (Å²) in [5, 5.41) is 0. The van der Waals surface area contributed by atoms with E-state index in [9.17, 15) is 4.79 Å². The van der Waals surface area contributed by atoms with Gasteiger partial charge in [-0.25, -0.2) is 4.79 Å². The van der Waals surface area contributed by atoms with Crippen LogP contribution in [0.15, 0.2) is 25.0 Å². The second-order valence-corrected chi connectivity index (χ2v) is 2.82. The molecule has 0 rings (SSSR count). The van der Waals surface area contributed by atoms with Crippen LogP contribution in [0.25, 0.3) is 0 Å². The topological polar surface area (TPSA) is 35.5 Å². The zero-order valence-electron chi connectivity index (χ0n) is 8.08. The lowest BCUT2D eigenvalue weighted by Gasteiger charge is -2.00. The number of allylic oxidation sites excluding steroid dienone is 1. The maximum atomic E-state index is 10.6. The molecule has 0 aliphatic rings. The summed E-state index contributed by atoms with van der Waals surface area (Å²) in [6.45, 7) is 3.87. The fourth-order valence-electron chi connectivity index (χ4n) is 0.648. The van der Waals surface area contributed by atoms with Crippen molar-refractivity contribution in [3.05, 3.63) is 25.0 Å². The normalized spacial score (nSPS) is 10.1. The maximum absolute atomic E-state index is 10.6. The lowest BCUT2D eigenvalue weighted by Crippen LogP contribution is -2.06. The molecule has 0 unspecified atom stereocenters. The molecular weight excluding hydrogens is 204 g/mol. The highest BCUT2D eigenvalue weighted by atomic mass is 35.5. The van der Waals surface area contributed by atoms with E-state index in [-0.39, 0.29) is 6.61 Å². The monoisotopic (exact) mass is 218 g/mol. The highest BCUT2D eigenvalue weighted by molar-refractivity contribution is 6.17. The van der Waals surface area contributed by atoms with Crippen LogP contribution in [0.5, 0.6) is 0 Å². The van der Waals surface area contributed by atoms with Gasteiger partial charge in [0.05, 0.1) is 6.26 Å². The third kappa shape index (κ3) is 9.13. The minimum atomic E-state index is -0.431. The number of carbonyl (C=O) groups is 1. The second-order valence-electron chi connectivity index (χ2n) is 2.45. The fraction of sp³-hybridized carbons (Fsp3) is 0.500. The van der Waals surface area contributed by atoms with E-state index in [1.54, 1.807) is 6.26 Å². The van der Waals surface area contributed by atoms with Gasteiger partial charge in [0, 0.05) is 12.0 Å². The standard InChI is InChI=1S/C10H15ClO3/c1-2-10(12)14-9-8-13-7-5-3-4-6-11/h2,5,7H,1,3-4,6,8-9H2. The molecule has 0 heterocycles. The molecule has 0 saturated carbocycles. The molecule has 4 heteroatoms. The van der Waals surface area contributed by atoms with Gasteiger partial charge < -0.3 is 9.47 Å². The maximum Gasteiger partial charge on any atom is 0.330 e. The second kappa shape index (κ2) is 10.1. The van der Waals surface area contributed by atoms with E-state index in [2.05, 4.69) is 11.3 Å². The number of carbonyl (C=O) groups excluding carboxylic acids is 1. The van der Waals surface area contributed by atoms with Gasteiger partial charge in [0.1, 0.15) is 13.2 Å². The Morgan fingerprint density at radius 1 is 1.43 bits per heavy atom. The summed E-state index contributed by atoms with van der Waals surface area (Å²) in [5.74, 6) is 0.223. The number of hydrogen-bond acceptors (Lipinski definition) is 3.